The van der Waals surface area contributed by atoms with Crippen molar-refractivity contribution in [2.24, 2.45) is 5.92 Å². The Morgan fingerprint density at radius 2 is 1.70 bits per heavy atom. The SMILES string of the molecule is CC(=O)N1CCC(n2c(C)nc(C(=O)NCCC3CCN(C(C)C)CC3)c2C)CC1. The third kappa shape index (κ3) is 5.23. The van der Waals surface area contributed by atoms with Crippen molar-refractivity contribution in [2.45, 2.75) is 78.8 Å². The molecule has 168 valence electrons. The predicted molar refractivity (Wildman–Crippen MR) is 119 cm³/mol. The maximum Gasteiger partial charge on any atom is 0.271 e. The molecule has 2 fully saturated rings. The molecule has 3 rings (SSSR count). The van der Waals surface area contributed by atoms with Crippen LogP contribution in [-0.2, 0) is 4.79 Å². The Kier molecular flexibility index (Phi) is 7.55. The van der Waals surface area contributed by atoms with E-state index in [1.54, 1.807) is 6.92 Å². The highest BCUT2D eigenvalue weighted by molar-refractivity contribution is 5.93. The molecule has 0 aliphatic carbocycles. The zero-order valence-corrected chi connectivity index (χ0v) is 19.4. The highest BCUT2D eigenvalue weighted by Gasteiger charge is 2.27. The molecular weight excluding hydrogens is 378 g/mol. The van der Waals surface area contributed by atoms with E-state index < -0.39 is 0 Å². The van der Waals surface area contributed by atoms with Crippen LogP contribution in [0.5, 0.6) is 0 Å². The average Bonchev–Trinajstić information content (AvgIpc) is 3.02. The van der Waals surface area contributed by atoms with Gasteiger partial charge in [0.15, 0.2) is 0 Å². The van der Waals surface area contributed by atoms with Crippen LogP contribution in [-0.4, -0.2) is 69.9 Å². The summed E-state index contributed by atoms with van der Waals surface area (Å²) in [6.45, 7) is 14.7. The number of amides is 2. The summed E-state index contributed by atoms with van der Waals surface area (Å²) in [5, 5.41) is 3.11. The van der Waals surface area contributed by atoms with E-state index in [1.807, 2.05) is 18.7 Å². The maximum atomic E-state index is 12.8. The van der Waals surface area contributed by atoms with Gasteiger partial charge < -0.3 is 19.7 Å². The zero-order chi connectivity index (χ0) is 21.8. The molecule has 7 nitrogen and oxygen atoms in total. The second-order valence-corrected chi connectivity index (χ2v) is 9.32. The normalized spacial score (nSPS) is 19.5. The number of piperidine rings is 2. The quantitative estimate of drug-likeness (QED) is 0.773. The molecular formula is C23H39N5O2. The van der Waals surface area contributed by atoms with Crippen molar-refractivity contribution in [3.05, 3.63) is 17.2 Å². The molecule has 0 radical (unpaired) electrons. The Labute approximate surface area is 181 Å². The number of nitrogens with zero attached hydrogens (tertiary/aromatic N) is 4. The number of likely N-dealkylation sites (tertiary alicyclic amines) is 2. The van der Waals surface area contributed by atoms with E-state index in [-0.39, 0.29) is 11.8 Å². The first-order valence-electron chi connectivity index (χ1n) is 11.6. The Morgan fingerprint density at radius 1 is 1.07 bits per heavy atom. The summed E-state index contributed by atoms with van der Waals surface area (Å²) < 4.78 is 2.20. The van der Waals surface area contributed by atoms with Crippen molar-refractivity contribution in [1.29, 1.82) is 0 Å². The van der Waals surface area contributed by atoms with Crippen molar-refractivity contribution in [1.82, 2.24) is 24.7 Å². The van der Waals surface area contributed by atoms with Crippen molar-refractivity contribution in [2.75, 3.05) is 32.7 Å². The summed E-state index contributed by atoms with van der Waals surface area (Å²) in [6.07, 6.45) is 5.31. The van der Waals surface area contributed by atoms with Gasteiger partial charge in [-0.25, -0.2) is 4.98 Å². The standard InChI is InChI=1S/C23H39N5O2/c1-16(2)26-12-7-20(8-13-26)6-11-24-23(30)22-17(3)28(18(4)25-22)21-9-14-27(15-10-21)19(5)29/h16,20-21H,6-15H2,1-5H3,(H,24,30). The number of nitrogens with one attached hydrogen (secondary N) is 1. The van der Waals surface area contributed by atoms with E-state index in [4.69, 9.17) is 0 Å². The van der Waals surface area contributed by atoms with Gasteiger partial charge in [0, 0.05) is 44.3 Å². The van der Waals surface area contributed by atoms with Gasteiger partial charge in [0.1, 0.15) is 11.5 Å². The van der Waals surface area contributed by atoms with Gasteiger partial charge >= 0.3 is 0 Å². The van der Waals surface area contributed by atoms with Crippen LogP contribution in [0.1, 0.15) is 80.9 Å². The molecule has 0 atom stereocenters. The molecule has 2 aliphatic rings. The van der Waals surface area contributed by atoms with E-state index in [2.05, 4.69) is 33.6 Å². The molecule has 1 N–H and O–H groups in total. The van der Waals surface area contributed by atoms with Crippen LogP contribution in [0, 0.1) is 19.8 Å². The zero-order valence-electron chi connectivity index (χ0n) is 19.4. The molecule has 3 heterocycles. The average molecular weight is 418 g/mol. The van der Waals surface area contributed by atoms with Crippen LogP contribution in [0.4, 0.5) is 0 Å². The van der Waals surface area contributed by atoms with E-state index in [1.165, 1.54) is 25.9 Å². The number of carbonyl (C=O) groups is 2. The van der Waals surface area contributed by atoms with Crippen LogP contribution >= 0.6 is 0 Å². The highest BCUT2D eigenvalue weighted by atomic mass is 16.2. The fourth-order valence-electron chi connectivity index (χ4n) is 5.08. The predicted octanol–water partition coefficient (Wildman–Crippen LogP) is 2.92. The molecule has 0 unspecified atom stereocenters. The second kappa shape index (κ2) is 9.94. The summed E-state index contributed by atoms with van der Waals surface area (Å²) in [5.74, 6) is 1.67. The molecule has 0 bridgehead atoms. The van der Waals surface area contributed by atoms with Crippen LogP contribution in [0.3, 0.4) is 0 Å². The van der Waals surface area contributed by atoms with Crippen molar-refractivity contribution in [3.8, 4) is 0 Å². The third-order valence-electron chi connectivity index (χ3n) is 7.03. The molecule has 2 aliphatic heterocycles. The fourth-order valence-corrected chi connectivity index (χ4v) is 5.08. The van der Waals surface area contributed by atoms with Gasteiger partial charge in [-0.05, 0) is 78.8 Å². The summed E-state index contributed by atoms with van der Waals surface area (Å²) in [4.78, 5) is 33.4. The van der Waals surface area contributed by atoms with E-state index in [9.17, 15) is 9.59 Å². The second-order valence-electron chi connectivity index (χ2n) is 9.32. The summed E-state index contributed by atoms with van der Waals surface area (Å²) in [7, 11) is 0. The Balaban J connectivity index is 1.51. The van der Waals surface area contributed by atoms with E-state index >= 15 is 0 Å². The Bertz CT molecular complexity index is 741. The number of imidazole rings is 1. The number of carbonyl (C=O) groups excluding carboxylic acids is 2. The number of rotatable bonds is 6. The number of hydrogen-bond donors (Lipinski definition) is 1. The largest absolute Gasteiger partial charge is 0.351 e. The van der Waals surface area contributed by atoms with Crippen molar-refractivity contribution >= 4 is 11.8 Å². The lowest BCUT2D eigenvalue weighted by atomic mass is 9.93. The summed E-state index contributed by atoms with van der Waals surface area (Å²) in [6, 6.07) is 0.933. The van der Waals surface area contributed by atoms with Crippen LogP contribution < -0.4 is 5.32 Å². The molecule has 30 heavy (non-hydrogen) atoms. The van der Waals surface area contributed by atoms with Crippen LogP contribution in [0.2, 0.25) is 0 Å². The minimum atomic E-state index is -0.0601. The fraction of sp³-hybridized carbons (Fsp3) is 0.783. The molecule has 0 saturated carbocycles. The summed E-state index contributed by atoms with van der Waals surface area (Å²) >= 11 is 0. The Hall–Kier alpha value is -1.89. The molecule has 7 heteroatoms. The minimum Gasteiger partial charge on any atom is -0.351 e. The number of aryl methyl sites for hydroxylation is 1. The monoisotopic (exact) mass is 417 g/mol. The lowest BCUT2D eigenvalue weighted by molar-refractivity contribution is -0.130. The minimum absolute atomic E-state index is 0.0601. The van der Waals surface area contributed by atoms with Gasteiger partial charge in [-0.3, -0.25) is 9.59 Å². The first-order valence-corrected chi connectivity index (χ1v) is 11.6. The molecule has 2 saturated heterocycles. The maximum absolute atomic E-state index is 12.8. The van der Waals surface area contributed by atoms with Gasteiger partial charge in [0.2, 0.25) is 5.91 Å². The van der Waals surface area contributed by atoms with Crippen molar-refractivity contribution < 1.29 is 9.59 Å². The first-order chi connectivity index (χ1) is 14.3. The van der Waals surface area contributed by atoms with Gasteiger partial charge in [-0.1, -0.05) is 0 Å². The van der Waals surface area contributed by atoms with Gasteiger partial charge in [-0.15, -0.1) is 0 Å². The van der Waals surface area contributed by atoms with Gasteiger partial charge in [-0.2, -0.15) is 0 Å². The van der Waals surface area contributed by atoms with Crippen LogP contribution in [0.15, 0.2) is 0 Å². The number of aromatic nitrogens is 2. The molecule has 2 amide bonds. The van der Waals surface area contributed by atoms with E-state index in [0.29, 0.717) is 30.2 Å². The number of hydrogen-bond acceptors (Lipinski definition) is 4. The molecule has 0 aromatic carbocycles. The highest BCUT2D eigenvalue weighted by Crippen LogP contribution is 2.27. The molecule has 0 spiro atoms. The third-order valence-corrected chi connectivity index (χ3v) is 7.03. The van der Waals surface area contributed by atoms with Crippen LogP contribution in [0.25, 0.3) is 0 Å². The lowest BCUT2D eigenvalue weighted by Gasteiger charge is -2.34. The van der Waals surface area contributed by atoms with E-state index in [0.717, 1.165) is 43.9 Å². The first kappa shape index (κ1) is 22.8. The van der Waals surface area contributed by atoms with Gasteiger partial charge in [0.25, 0.3) is 5.91 Å². The lowest BCUT2D eigenvalue weighted by Crippen LogP contribution is -2.39. The van der Waals surface area contributed by atoms with Gasteiger partial charge in [0.05, 0.1) is 0 Å². The Morgan fingerprint density at radius 3 is 2.27 bits per heavy atom. The topological polar surface area (TPSA) is 70.5 Å². The molecule has 1 aromatic rings. The van der Waals surface area contributed by atoms with Crippen molar-refractivity contribution in [3.63, 3.8) is 0 Å². The molecule has 1 aromatic heterocycles. The smallest absolute Gasteiger partial charge is 0.271 e. The summed E-state index contributed by atoms with van der Waals surface area (Å²) in [5.41, 5.74) is 1.49.